The van der Waals surface area contributed by atoms with E-state index in [0.717, 1.165) is 11.3 Å². The fourth-order valence-corrected chi connectivity index (χ4v) is 3.00. The van der Waals surface area contributed by atoms with Gasteiger partial charge in [0.15, 0.2) is 0 Å². The second-order valence-corrected chi connectivity index (χ2v) is 6.21. The highest BCUT2D eigenvalue weighted by Crippen LogP contribution is 2.33. The first-order valence-electron chi connectivity index (χ1n) is 7.83. The minimum Gasteiger partial charge on any atom is -0.391 e. The van der Waals surface area contributed by atoms with Crippen LogP contribution in [0.4, 0.5) is 10.1 Å². The Kier molecular flexibility index (Phi) is 4.49. The van der Waals surface area contributed by atoms with Crippen LogP contribution >= 0.6 is 0 Å². The summed E-state index contributed by atoms with van der Waals surface area (Å²) in [5, 5.41) is 10.0. The van der Waals surface area contributed by atoms with E-state index in [9.17, 15) is 14.3 Å². The van der Waals surface area contributed by atoms with E-state index in [4.69, 9.17) is 0 Å². The van der Waals surface area contributed by atoms with Gasteiger partial charge in [0, 0.05) is 32.5 Å². The number of anilines is 1. The number of β-amino-alcohol motifs (C(OH)–C–C–N with tert-alkyl or cyclic N) is 1. The van der Waals surface area contributed by atoms with Gasteiger partial charge in [0.25, 0.3) is 5.91 Å². The van der Waals surface area contributed by atoms with Crippen molar-refractivity contribution in [1.82, 2.24) is 9.88 Å². The van der Waals surface area contributed by atoms with E-state index in [-0.39, 0.29) is 24.3 Å². The summed E-state index contributed by atoms with van der Waals surface area (Å²) in [6.07, 6.45) is 1.44. The molecule has 1 N–H and O–H groups in total. The summed E-state index contributed by atoms with van der Waals surface area (Å²) in [4.78, 5) is 20.6. The summed E-state index contributed by atoms with van der Waals surface area (Å²) in [5.74, 6) is -0.555. The smallest absolute Gasteiger partial charge is 0.273 e. The minimum absolute atomic E-state index is 0.232. The Morgan fingerprint density at radius 1 is 1.29 bits per heavy atom. The number of rotatable bonds is 3. The molecule has 1 aromatic carbocycles. The van der Waals surface area contributed by atoms with Crippen molar-refractivity contribution in [3.63, 3.8) is 0 Å². The number of hydrogen-bond acceptors (Lipinski definition) is 4. The van der Waals surface area contributed by atoms with Crippen LogP contribution in [-0.4, -0.2) is 47.6 Å². The minimum atomic E-state index is -0.596. The summed E-state index contributed by atoms with van der Waals surface area (Å²) < 4.78 is 13.1. The molecule has 1 aromatic heterocycles. The maximum absolute atomic E-state index is 13.1. The van der Waals surface area contributed by atoms with Gasteiger partial charge >= 0.3 is 0 Å². The fraction of sp³-hybridized carbons (Fsp3) is 0.333. The third-order valence-corrected chi connectivity index (χ3v) is 4.27. The van der Waals surface area contributed by atoms with E-state index < -0.39 is 6.10 Å². The Balaban J connectivity index is 1.89. The predicted octanol–water partition coefficient (Wildman–Crippen LogP) is 2.23. The molecular weight excluding hydrogens is 309 g/mol. The molecule has 5 nitrogen and oxygen atoms in total. The van der Waals surface area contributed by atoms with Gasteiger partial charge in [-0.05, 0) is 36.2 Å². The van der Waals surface area contributed by atoms with Crippen LogP contribution in [0.15, 0.2) is 42.6 Å². The standard InChI is InChI=1S/C18H20FN3O2/c1-21(2)14-7-8-20-16(9-14)18(24)22-11-15(23)10-17(22)12-3-5-13(19)6-4-12/h3-9,15,17,23H,10-11H2,1-2H3/t15-,17-/m0/s1. The Hall–Kier alpha value is -2.47. The number of aromatic nitrogens is 1. The number of aliphatic hydroxyl groups is 1. The van der Waals surface area contributed by atoms with Gasteiger partial charge in [-0.3, -0.25) is 9.78 Å². The van der Waals surface area contributed by atoms with Crippen molar-refractivity contribution in [2.45, 2.75) is 18.6 Å². The number of carbonyl (C=O) groups excluding carboxylic acids is 1. The Morgan fingerprint density at radius 3 is 2.67 bits per heavy atom. The molecule has 0 saturated carbocycles. The van der Waals surface area contributed by atoms with Crippen molar-refractivity contribution in [3.8, 4) is 0 Å². The average molecular weight is 329 g/mol. The van der Waals surface area contributed by atoms with Crippen molar-refractivity contribution in [2.75, 3.05) is 25.5 Å². The van der Waals surface area contributed by atoms with Crippen LogP contribution < -0.4 is 4.90 Å². The lowest BCUT2D eigenvalue weighted by atomic mass is 10.0. The molecule has 0 bridgehead atoms. The zero-order valence-electron chi connectivity index (χ0n) is 13.7. The molecule has 1 saturated heterocycles. The topological polar surface area (TPSA) is 56.7 Å². The molecule has 0 spiro atoms. The maximum atomic E-state index is 13.1. The van der Waals surface area contributed by atoms with Gasteiger partial charge in [0.1, 0.15) is 11.5 Å². The number of amides is 1. The van der Waals surface area contributed by atoms with Crippen molar-refractivity contribution < 1.29 is 14.3 Å². The van der Waals surface area contributed by atoms with E-state index in [1.165, 1.54) is 12.1 Å². The molecule has 1 aliphatic heterocycles. The molecule has 6 heteroatoms. The molecule has 2 atom stereocenters. The van der Waals surface area contributed by atoms with Crippen LogP contribution in [0.25, 0.3) is 0 Å². The Morgan fingerprint density at radius 2 is 2.00 bits per heavy atom. The fourth-order valence-electron chi connectivity index (χ4n) is 3.00. The average Bonchev–Trinajstić information content (AvgIpc) is 2.96. The molecule has 24 heavy (non-hydrogen) atoms. The van der Waals surface area contributed by atoms with E-state index >= 15 is 0 Å². The monoisotopic (exact) mass is 329 g/mol. The maximum Gasteiger partial charge on any atom is 0.273 e. The molecule has 0 unspecified atom stereocenters. The molecular formula is C18H20FN3O2. The Labute approximate surface area is 140 Å². The molecule has 126 valence electrons. The van der Waals surface area contributed by atoms with Crippen LogP contribution in [-0.2, 0) is 0 Å². The highest BCUT2D eigenvalue weighted by atomic mass is 19.1. The summed E-state index contributed by atoms with van der Waals surface area (Å²) >= 11 is 0. The highest BCUT2D eigenvalue weighted by Gasteiger charge is 2.36. The van der Waals surface area contributed by atoms with E-state index in [1.54, 1.807) is 29.3 Å². The SMILES string of the molecule is CN(C)c1ccnc(C(=O)N2C[C@@H](O)C[C@H]2c2ccc(F)cc2)c1. The van der Waals surface area contributed by atoms with Crippen LogP contribution in [0.2, 0.25) is 0 Å². The number of pyridine rings is 1. The number of halogens is 1. The number of carbonyl (C=O) groups is 1. The number of hydrogen-bond donors (Lipinski definition) is 1. The van der Waals surface area contributed by atoms with Crippen LogP contribution in [0, 0.1) is 5.82 Å². The van der Waals surface area contributed by atoms with E-state index in [2.05, 4.69) is 4.98 Å². The van der Waals surface area contributed by atoms with Crippen molar-refractivity contribution in [1.29, 1.82) is 0 Å². The molecule has 3 rings (SSSR count). The lowest BCUT2D eigenvalue weighted by Gasteiger charge is -2.25. The zero-order valence-corrected chi connectivity index (χ0v) is 13.7. The van der Waals surface area contributed by atoms with Crippen molar-refractivity contribution >= 4 is 11.6 Å². The van der Waals surface area contributed by atoms with Crippen LogP contribution in [0.3, 0.4) is 0 Å². The van der Waals surface area contributed by atoms with Crippen molar-refractivity contribution in [2.24, 2.45) is 0 Å². The number of likely N-dealkylation sites (tertiary alicyclic amines) is 1. The van der Waals surface area contributed by atoms with E-state index in [1.807, 2.05) is 25.1 Å². The second-order valence-electron chi connectivity index (χ2n) is 6.21. The molecule has 0 aliphatic carbocycles. The van der Waals surface area contributed by atoms with Crippen molar-refractivity contribution in [3.05, 3.63) is 59.7 Å². The summed E-state index contributed by atoms with van der Waals surface area (Å²) in [6.45, 7) is 0.245. The number of benzene rings is 1. The lowest BCUT2D eigenvalue weighted by Crippen LogP contribution is -2.32. The predicted molar refractivity (Wildman–Crippen MR) is 89.4 cm³/mol. The third kappa shape index (κ3) is 3.23. The van der Waals surface area contributed by atoms with Gasteiger partial charge in [0.2, 0.25) is 0 Å². The molecule has 1 fully saturated rings. The molecule has 0 radical (unpaired) electrons. The second kappa shape index (κ2) is 6.57. The lowest BCUT2D eigenvalue weighted by molar-refractivity contribution is 0.0710. The molecule has 2 heterocycles. The Bertz CT molecular complexity index is 733. The van der Waals surface area contributed by atoms with Gasteiger partial charge in [-0.25, -0.2) is 4.39 Å². The first-order chi connectivity index (χ1) is 11.5. The zero-order chi connectivity index (χ0) is 17.3. The number of aliphatic hydroxyl groups excluding tert-OH is 1. The summed E-state index contributed by atoms with van der Waals surface area (Å²) in [5.41, 5.74) is 2.03. The van der Waals surface area contributed by atoms with Crippen LogP contribution in [0.5, 0.6) is 0 Å². The first-order valence-corrected chi connectivity index (χ1v) is 7.83. The number of nitrogens with zero attached hydrogens (tertiary/aromatic N) is 3. The molecule has 2 aromatic rings. The largest absolute Gasteiger partial charge is 0.391 e. The van der Waals surface area contributed by atoms with Gasteiger partial charge in [0.05, 0.1) is 12.1 Å². The molecule has 1 amide bonds. The summed E-state index contributed by atoms with van der Waals surface area (Å²) in [7, 11) is 3.79. The summed E-state index contributed by atoms with van der Waals surface area (Å²) in [6, 6.07) is 9.32. The molecule has 1 aliphatic rings. The highest BCUT2D eigenvalue weighted by molar-refractivity contribution is 5.93. The van der Waals surface area contributed by atoms with Crippen LogP contribution in [0.1, 0.15) is 28.5 Å². The van der Waals surface area contributed by atoms with Gasteiger partial charge < -0.3 is 14.9 Å². The normalized spacial score (nSPS) is 20.2. The quantitative estimate of drug-likeness (QED) is 0.938. The van der Waals surface area contributed by atoms with Gasteiger partial charge in [-0.15, -0.1) is 0 Å². The van der Waals surface area contributed by atoms with Gasteiger partial charge in [-0.1, -0.05) is 12.1 Å². The first kappa shape index (κ1) is 16.4. The van der Waals surface area contributed by atoms with E-state index in [0.29, 0.717) is 12.1 Å². The third-order valence-electron chi connectivity index (χ3n) is 4.27. The van der Waals surface area contributed by atoms with Gasteiger partial charge in [-0.2, -0.15) is 0 Å².